The van der Waals surface area contributed by atoms with Crippen molar-refractivity contribution in [2.24, 2.45) is 5.41 Å². The maximum atomic E-state index is 12.6. The summed E-state index contributed by atoms with van der Waals surface area (Å²) in [6.07, 6.45) is 10.5. The second kappa shape index (κ2) is 7.66. The van der Waals surface area contributed by atoms with Gasteiger partial charge in [0.1, 0.15) is 0 Å². The number of carbonyl (C=O) groups excluding carboxylic acids is 1. The highest BCUT2D eigenvalue weighted by Crippen LogP contribution is 2.41. The van der Waals surface area contributed by atoms with Crippen molar-refractivity contribution in [2.75, 3.05) is 0 Å². The van der Waals surface area contributed by atoms with Crippen LogP contribution in [0.2, 0.25) is 0 Å². The number of nitrogens with zero attached hydrogens (tertiary/aromatic N) is 3. The van der Waals surface area contributed by atoms with Gasteiger partial charge in [-0.1, -0.05) is 38.1 Å². The molecule has 1 atom stereocenters. The van der Waals surface area contributed by atoms with Crippen molar-refractivity contribution in [1.29, 1.82) is 0 Å². The van der Waals surface area contributed by atoms with Crippen LogP contribution in [-0.4, -0.2) is 20.7 Å². The molecular weight excluding hydrogens is 360 g/mol. The average Bonchev–Trinajstić information content (AvgIpc) is 3.10. The van der Waals surface area contributed by atoms with E-state index >= 15 is 0 Å². The Hall–Kier alpha value is -3.21. The molecule has 5 nitrogen and oxygen atoms in total. The Morgan fingerprint density at radius 3 is 2.79 bits per heavy atom. The fourth-order valence-corrected chi connectivity index (χ4v) is 4.05. The summed E-state index contributed by atoms with van der Waals surface area (Å²) < 4.78 is 2.04. The van der Waals surface area contributed by atoms with E-state index in [0.29, 0.717) is 0 Å². The summed E-state index contributed by atoms with van der Waals surface area (Å²) in [7, 11) is 0. The summed E-state index contributed by atoms with van der Waals surface area (Å²) in [5, 5.41) is 7.87. The number of hydrogen-bond acceptors (Lipinski definition) is 3. The van der Waals surface area contributed by atoms with Crippen LogP contribution in [0.15, 0.2) is 61.1 Å². The van der Waals surface area contributed by atoms with Crippen LogP contribution in [0.4, 0.5) is 0 Å². The Bertz CT molecular complexity index is 1050. The zero-order valence-corrected chi connectivity index (χ0v) is 17.1. The summed E-state index contributed by atoms with van der Waals surface area (Å²) >= 11 is 0. The number of aromatic nitrogens is 3. The molecule has 0 aliphatic heterocycles. The Labute approximate surface area is 171 Å². The van der Waals surface area contributed by atoms with Gasteiger partial charge in [0, 0.05) is 24.0 Å². The Balaban J connectivity index is 1.61. The van der Waals surface area contributed by atoms with Crippen molar-refractivity contribution in [3.63, 3.8) is 0 Å². The second-order valence-corrected chi connectivity index (χ2v) is 8.47. The third kappa shape index (κ3) is 4.14. The molecule has 2 heterocycles. The lowest BCUT2D eigenvalue weighted by Crippen LogP contribution is -2.36. The maximum Gasteiger partial charge on any atom is 0.244 e. The number of pyridine rings is 1. The van der Waals surface area contributed by atoms with Gasteiger partial charge in [-0.15, -0.1) is 0 Å². The second-order valence-electron chi connectivity index (χ2n) is 8.47. The lowest BCUT2D eigenvalue weighted by atomic mass is 9.74. The third-order valence-corrected chi connectivity index (χ3v) is 5.45. The fraction of sp³-hybridized carbons (Fsp3) is 0.292. The minimum atomic E-state index is -0.105. The minimum absolute atomic E-state index is 0.0578. The van der Waals surface area contributed by atoms with E-state index in [1.165, 1.54) is 11.3 Å². The monoisotopic (exact) mass is 386 g/mol. The largest absolute Gasteiger partial charge is 0.346 e. The van der Waals surface area contributed by atoms with Gasteiger partial charge < -0.3 is 5.32 Å². The van der Waals surface area contributed by atoms with Crippen LogP contribution in [0, 0.1) is 12.3 Å². The average molecular weight is 386 g/mol. The van der Waals surface area contributed by atoms with E-state index in [2.05, 4.69) is 48.3 Å². The first kappa shape index (κ1) is 19.1. The van der Waals surface area contributed by atoms with E-state index in [9.17, 15) is 4.79 Å². The smallest absolute Gasteiger partial charge is 0.244 e. The predicted octanol–water partition coefficient (Wildman–Crippen LogP) is 4.42. The van der Waals surface area contributed by atoms with E-state index in [1.54, 1.807) is 24.5 Å². The summed E-state index contributed by atoms with van der Waals surface area (Å²) in [6, 6.07) is 12.0. The van der Waals surface area contributed by atoms with Crippen LogP contribution in [0.1, 0.15) is 48.7 Å². The van der Waals surface area contributed by atoms with E-state index in [1.807, 2.05) is 35.1 Å². The molecule has 1 amide bonds. The Morgan fingerprint density at radius 2 is 2.03 bits per heavy atom. The van der Waals surface area contributed by atoms with Gasteiger partial charge in [-0.2, -0.15) is 5.10 Å². The van der Waals surface area contributed by atoms with Crippen molar-refractivity contribution < 1.29 is 4.79 Å². The highest BCUT2D eigenvalue weighted by Gasteiger charge is 2.35. The molecule has 1 aliphatic carbocycles. The van der Waals surface area contributed by atoms with Gasteiger partial charge in [0.15, 0.2) is 0 Å². The maximum absolute atomic E-state index is 12.6. The van der Waals surface area contributed by atoms with E-state index in [0.717, 1.165) is 29.7 Å². The van der Waals surface area contributed by atoms with Crippen LogP contribution in [0.3, 0.4) is 0 Å². The third-order valence-electron chi connectivity index (χ3n) is 5.45. The highest BCUT2D eigenvalue weighted by atomic mass is 16.1. The molecule has 0 radical (unpaired) electrons. The zero-order valence-electron chi connectivity index (χ0n) is 17.1. The lowest BCUT2D eigenvalue weighted by molar-refractivity contribution is -0.117. The number of benzene rings is 1. The number of hydrogen-bond donors (Lipinski definition) is 1. The molecule has 29 heavy (non-hydrogen) atoms. The first-order valence-corrected chi connectivity index (χ1v) is 9.94. The van der Waals surface area contributed by atoms with Crippen LogP contribution >= 0.6 is 0 Å². The molecule has 148 valence electrons. The predicted molar refractivity (Wildman–Crippen MR) is 115 cm³/mol. The van der Waals surface area contributed by atoms with Gasteiger partial charge in [0.2, 0.25) is 5.91 Å². The normalized spacial score (nSPS) is 17.8. The highest BCUT2D eigenvalue weighted by molar-refractivity contribution is 5.92. The molecule has 0 bridgehead atoms. The minimum Gasteiger partial charge on any atom is -0.346 e. The van der Waals surface area contributed by atoms with Gasteiger partial charge in [-0.25, -0.2) is 4.68 Å². The number of carbonyl (C=O) groups is 1. The van der Waals surface area contributed by atoms with Gasteiger partial charge in [0.05, 0.1) is 23.6 Å². The molecule has 0 unspecified atom stereocenters. The van der Waals surface area contributed by atoms with Gasteiger partial charge in [-0.3, -0.25) is 9.78 Å². The molecule has 1 aliphatic rings. The first-order chi connectivity index (χ1) is 13.9. The van der Waals surface area contributed by atoms with E-state index in [-0.39, 0.29) is 17.4 Å². The molecule has 2 aromatic heterocycles. The Morgan fingerprint density at radius 1 is 1.21 bits per heavy atom. The molecule has 4 rings (SSSR count). The molecule has 0 saturated carbocycles. The molecule has 3 aromatic rings. The molecule has 0 fully saturated rings. The quantitative estimate of drug-likeness (QED) is 0.675. The van der Waals surface area contributed by atoms with Crippen LogP contribution < -0.4 is 5.32 Å². The summed E-state index contributed by atoms with van der Waals surface area (Å²) in [5.41, 5.74) is 5.53. The SMILES string of the molecule is Cc1ccccc1-n1ncc2c1CC(C)(C)C[C@@H]2NC(=O)/C=C/c1cccnc1. The number of nitrogens with one attached hydrogen (secondary N) is 1. The van der Waals surface area contributed by atoms with Gasteiger partial charge in [0.25, 0.3) is 0 Å². The molecular formula is C24H26N4O. The summed E-state index contributed by atoms with van der Waals surface area (Å²) in [4.78, 5) is 16.7. The van der Waals surface area contributed by atoms with Crippen LogP contribution in [0.25, 0.3) is 11.8 Å². The van der Waals surface area contributed by atoms with Gasteiger partial charge in [-0.05, 0) is 54.5 Å². The fourth-order valence-electron chi connectivity index (χ4n) is 4.05. The molecule has 1 aromatic carbocycles. The topological polar surface area (TPSA) is 59.8 Å². The molecule has 5 heteroatoms. The lowest BCUT2D eigenvalue weighted by Gasteiger charge is -2.35. The Kier molecular flexibility index (Phi) is 5.05. The van der Waals surface area contributed by atoms with Crippen molar-refractivity contribution in [1.82, 2.24) is 20.1 Å². The molecule has 1 N–H and O–H groups in total. The van der Waals surface area contributed by atoms with Crippen molar-refractivity contribution in [2.45, 2.75) is 39.7 Å². The number of aryl methyl sites for hydroxylation is 1. The van der Waals surface area contributed by atoms with E-state index < -0.39 is 0 Å². The van der Waals surface area contributed by atoms with Crippen LogP contribution in [0.5, 0.6) is 0 Å². The van der Waals surface area contributed by atoms with Gasteiger partial charge >= 0.3 is 0 Å². The number of rotatable bonds is 4. The van der Waals surface area contributed by atoms with Crippen molar-refractivity contribution in [3.8, 4) is 5.69 Å². The van der Waals surface area contributed by atoms with E-state index in [4.69, 9.17) is 0 Å². The first-order valence-electron chi connectivity index (χ1n) is 9.94. The standard InChI is InChI=1S/C24H26N4O/c1-17-7-4-5-9-21(17)28-22-14-24(2,3)13-20(19(22)16-26-28)27-23(29)11-10-18-8-6-12-25-15-18/h4-12,15-16,20H,13-14H2,1-3H3,(H,27,29)/b11-10+/t20-/m0/s1. The number of amides is 1. The molecule has 0 spiro atoms. The van der Waals surface area contributed by atoms with Crippen molar-refractivity contribution >= 4 is 12.0 Å². The van der Waals surface area contributed by atoms with Crippen LogP contribution in [-0.2, 0) is 11.2 Å². The summed E-state index contributed by atoms with van der Waals surface area (Å²) in [6.45, 7) is 6.59. The van der Waals surface area contributed by atoms with Crippen molar-refractivity contribution in [3.05, 3.63) is 83.4 Å². The number of fused-ring (bicyclic) bond motifs is 1. The summed E-state index contributed by atoms with van der Waals surface area (Å²) in [5.74, 6) is -0.105. The number of para-hydroxylation sites is 1. The zero-order chi connectivity index (χ0) is 20.4. The molecule has 0 saturated heterocycles.